The molecule has 0 saturated carbocycles. The molecule has 57 heavy (non-hydrogen) atoms. The summed E-state index contributed by atoms with van der Waals surface area (Å²) in [6, 6.07) is 78.0. The van der Waals surface area contributed by atoms with E-state index >= 15 is 0 Å². The average Bonchev–Trinajstić information content (AvgIpc) is 3.81. The first-order valence-corrected chi connectivity index (χ1v) is 19.4. The third-order valence-corrected chi connectivity index (χ3v) is 11.2. The summed E-state index contributed by atoms with van der Waals surface area (Å²) in [4.78, 5) is 2.33. The molecule has 11 rings (SSSR count). The predicted molar refractivity (Wildman–Crippen MR) is 239 cm³/mol. The fraction of sp³-hybridized carbons (Fsp3) is 0. The Hall–Kier alpha value is -7.62. The van der Waals surface area contributed by atoms with Crippen molar-refractivity contribution in [2.75, 3.05) is 4.90 Å². The van der Waals surface area contributed by atoms with Gasteiger partial charge in [-0.3, -0.25) is 4.40 Å². The molecule has 2 heterocycles. The van der Waals surface area contributed by atoms with Crippen LogP contribution in [-0.4, -0.2) is 4.40 Å². The molecule has 0 unspecified atom stereocenters. The maximum absolute atomic E-state index is 6.72. The monoisotopic (exact) mass is 728 g/mol. The van der Waals surface area contributed by atoms with Crippen LogP contribution < -0.4 is 4.90 Å². The Balaban J connectivity index is 1.01. The highest BCUT2D eigenvalue weighted by atomic mass is 16.3. The zero-order valence-electron chi connectivity index (χ0n) is 31.1. The van der Waals surface area contributed by atoms with Crippen LogP contribution in [0.15, 0.2) is 223 Å². The second kappa shape index (κ2) is 13.6. The summed E-state index contributed by atoms with van der Waals surface area (Å²) in [6.45, 7) is 0. The summed E-state index contributed by atoms with van der Waals surface area (Å²) >= 11 is 0. The number of rotatable bonds is 7. The van der Waals surface area contributed by atoms with Crippen molar-refractivity contribution in [3.05, 3.63) is 218 Å². The van der Waals surface area contributed by atoms with Crippen molar-refractivity contribution in [2.45, 2.75) is 0 Å². The minimum Gasteiger partial charge on any atom is -0.438 e. The Bertz CT molecular complexity index is 3100. The maximum atomic E-state index is 6.72. The average molecular weight is 729 g/mol. The normalized spacial score (nSPS) is 11.5. The van der Waals surface area contributed by atoms with Gasteiger partial charge < -0.3 is 9.32 Å². The van der Waals surface area contributed by atoms with Crippen molar-refractivity contribution in [2.24, 2.45) is 0 Å². The van der Waals surface area contributed by atoms with E-state index < -0.39 is 0 Å². The molecular formula is C54H36N2O. The molecular weight excluding hydrogens is 693 g/mol. The summed E-state index contributed by atoms with van der Waals surface area (Å²) < 4.78 is 9.02. The van der Waals surface area contributed by atoms with Crippen LogP contribution in [0.1, 0.15) is 0 Å². The van der Waals surface area contributed by atoms with E-state index in [0.717, 1.165) is 61.6 Å². The van der Waals surface area contributed by atoms with Crippen molar-refractivity contribution in [3.8, 4) is 44.5 Å². The molecule has 0 radical (unpaired) electrons. The minimum atomic E-state index is 0.862. The smallest absolute Gasteiger partial charge is 0.213 e. The Morgan fingerprint density at radius 3 is 1.28 bits per heavy atom. The van der Waals surface area contributed by atoms with Gasteiger partial charge in [-0.05, 0) is 110 Å². The topological polar surface area (TPSA) is 20.8 Å². The molecule has 0 aliphatic rings. The molecule has 0 aliphatic carbocycles. The van der Waals surface area contributed by atoms with Gasteiger partial charge in [0, 0.05) is 22.4 Å². The van der Waals surface area contributed by atoms with E-state index in [4.69, 9.17) is 4.42 Å². The zero-order valence-corrected chi connectivity index (χ0v) is 31.1. The lowest BCUT2D eigenvalue weighted by Crippen LogP contribution is -2.09. The molecule has 0 spiro atoms. The van der Waals surface area contributed by atoms with Gasteiger partial charge in [0.25, 0.3) is 0 Å². The SMILES string of the molecule is c1ccc(-c2ccc(N(c3ccc(-c4ccccc4)cc3)c3ccc(-c4ccc5oc6c(-c7ccccc7)c7cc8ccccc8cc7n6c5c4)cc3)cc2)cc1. The molecule has 0 fully saturated rings. The molecule has 0 amide bonds. The van der Waals surface area contributed by atoms with Crippen LogP contribution in [0.3, 0.4) is 0 Å². The van der Waals surface area contributed by atoms with Crippen molar-refractivity contribution in [1.29, 1.82) is 0 Å². The second-order valence-electron chi connectivity index (χ2n) is 14.6. The lowest BCUT2D eigenvalue weighted by molar-refractivity contribution is 0.658. The van der Waals surface area contributed by atoms with Gasteiger partial charge in [0.1, 0.15) is 0 Å². The predicted octanol–water partition coefficient (Wildman–Crippen LogP) is 15.1. The van der Waals surface area contributed by atoms with Crippen molar-refractivity contribution in [3.63, 3.8) is 0 Å². The number of hydrogen-bond donors (Lipinski definition) is 0. The highest BCUT2D eigenvalue weighted by Gasteiger charge is 2.21. The molecule has 0 N–H and O–H groups in total. The van der Waals surface area contributed by atoms with E-state index in [-0.39, 0.29) is 0 Å². The van der Waals surface area contributed by atoms with Gasteiger partial charge in [-0.1, -0.05) is 158 Å². The van der Waals surface area contributed by atoms with Gasteiger partial charge in [0.05, 0.1) is 16.6 Å². The van der Waals surface area contributed by atoms with Gasteiger partial charge in [-0.15, -0.1) is 0 Å². The maximum Gasteiger partial charge on any atom is 0.213 e. The van der Waals surface area contributed by atoms with Gasteiger partial charge in [0.2, 0.25) is 5.71 Å². The van der Waals surface area contributed by atoms with Crippen molar-refractivity contribution >= 4 is 55.6 Å². The van der Waals surface area contributed by atoms with E-state index in [0.29, 0.717) is 0 Å². The van der Waals surface area contributed by atoms with Crippen LogP contribution in [0, 0.1) is 0 Å². The molecule has 268 valence electrons. The summed E-state index contributed by atoms with van der Waals surface area (Å²) in [5.74, 6) is 0. The summed E-state index contributed by atoms with van der Waals surface area (Å²) in [6.07, 6.45) is 0. The number of benzene rings is 9. The van der Waals surface area contributed by atoms with Crippen LogP contribution in [0.5, 0.6) is 0 Å². The number of anilines is 3. The first-order chi connectivity index (χ1) is 28.2. The zero-order chi connectivity index (χ0) is 37.7. The Morgan fingerprint density at radius 2 is 0.754 bits per heavy atom. The van der Waals surface area contributed by atoms with E-state index in [9.17, 15) is 0 Å². The molecule has 0 saturated heterocycles. The van der Waals surface area contributed by atoms with Gasteiger partial charge in [-0.2, -0.15) is 0 Å². The van der Waals surface area contributed by atoms with Crippen LogP contribution in [0.25, 0.3) is 83.0 Å². The van der Waals surface area contributed by atoms with Crippen molar-refractivity contribution < 1.29 is 4.42 Å². The largest absolute Gasteiger partial charge is 0.438 e. The van der Waals surface area contributed by atoms with Crippen LogP contribution in [-0.2, 0) is 0 Å². The number of oxazole rings is 1. The molecule has 3 nitrogen and oxygen atoms in total. The number of nitrogens with zero attached hydrogens (tertiary/aromatic N) is 2. The lowest BCUT2D eigenvalue weighted by atomic mass is 10.0. The van der Waals surface area contributed by atoms with Gasteiger partial charge in [-0.25, -0.2) is 0 Å². The number of fused-ring (bicyclic) bond motifs is 6. The minimum absolute atomic E-state index is 0.862. The van der Waals surface area contributed by atoms with Crippen LogP contribution in [0.4, 0.5) is 17.1 Å². The third kappa shape index (κ3) is 5.76. The molecule has 0 atom stereocenters. The van der Waals surface area contributed by atoms with E-state index in [2.05, 4.69) is 228 Å². The summed E-state index contributed by atoms with van der Waals surface area (Å²) in [7, 11) is 0. The van der Waals surface area contributed by atoms with Crippen molar-refractivity contribution in [1.82, 2.24) is 4.40 Å². The fourth-order valence-corrected chi connectivity index (χ4v) is 8.35. The molecule has 2 aromatic heterocycles. The van der Waals surface area contributed by atoms with Gasteiger partial charge >= 0.3 is 0 Å². The quantitative estimate of drug-likeness (QED) is 0.163. The highest BCUT2D eigenvalue weighted by Crippen LogP contribution is 2.42. The number of hydrogen-bond acceptors (Lipinski definition) is 2. The van der Waals surface area contributed by atoms with E-state index in [1.165, 1.54) is 38.4 Å². The van der Waals surface area contributed by atoms with Gasteiger partial charge in [0.15, 0.2) is 5.58 Å². The lowest BCUT2D eigenvalue weighted by Gasteiger charge is -2.26. The third-order valence-electron chi connectivity index (χ3n) is 11.2. The first kappa shape index (κ1) is 32.8. The molecule has 9 aromatic carbocycles. The van der Waals surface area contributed by atoms with E-state index in [1.54, 1.807) is 0 Å². The fourth-order valence-electron chi connectivity index (χ4n) is 8.35. The first-order valence-electron chi connectivity index (χ1n) is 19.4. The summed E-state index contributed by atoms with van der Waals surface area (Å²) in [5, 5.41) is 3.61. The number of aromatic nitrogens is 1. The highest BCUT2D eigenvalue weighted by molar-refractivity contribution is 6.11. The standard InChI is InChI=1S/C54H36N2O/c1-4-12-37(13-5-1)39-20-27-46(28-21-39)55(47-29-22-40(23-30-47)38-14-6-2-7-15-38)48-31-24-41(25-32-48)45-26-33-52-51(36-45)56-50-35-44-19-11-10-18-43(44)34-49(50)53(54(56)57-52)42-16-8-3-9-17-42/h1-36H. The van der Waals surface area contributed by atoms with Crippen LogP contribution >= 0.6 is 0 Å². The van der Waals surface area contributed by atoms with E-state index in [1.807, 2.05) is 0 Å². The van der Waals surface area contributed by atoms with Crippen LogP contribution in [0.2, 0.25) is 0 Å². The molecule has 3 heteroatoms. The Kier molecular flexibility index (Phi) is 7.82. The molecule has 0 aliphatic heterocycles. The molecule has 11 aromatic rings. The molecule has 0 bridgehead atoms. The second-order valence-corrected chi connectivity index (χ2v) is 14.6. The summed E-state index contributed by atoms with van der Waals surface area (Å²) in [5.41, 5.74) is 16.5. The Morgan fingerprint density at radius 1 is 0.333 bits per heavy atom. The Labute approximate surface area is 330 Å².